The van der Waals surface area contributed by atoms with Crippen LogP contribution in [0.2, 0.25) is 0 Å². The van der Waals surface area contributed by atoms with E-state index >= 15 is 0 Å². The first-order valence-electron chi connectivity index (χ1n) is 6.02. The number of rotatable bonds is 5. The molecule has 1 heterocycles. The molecule has 1 aromatic heterocycles. The van der Waals surface area contributed by atoms with Gasteiger partial charge in [0.2, 0.25) is 0 Å². The van der Waals surface area contributed by atoms with Crippen molar-refractivity contribution in [2.75, 3.05) is 13.2 Å². The maximum absolute atomic E-state index is 6.20. The highest BCUT2D eigenvalue weighted by molar-refractivity contribution is 4.92. The van der Waals surface area contributed by atoms with Crippen molar-refractivity contribution < 1.29 is 4.74 Å². The maximum atomic E-state index is 6.20. The van der Waals surface area contributed by atoms with Crippen molar-refractivity contribution >= 4 is 0 Å². The lowest BCUT2D eigenvalue weighted by Gasteiger charge is -2.22. The highest BCUT2D eigenvalue weighted by atomic mass is 16.5. The molecule has 1 fully saturated rings. The zero-order valence-corrected chi connectivity index (χ0v) is 9.98. The Balaban J connectivity index is 1.67. The first-order valence-corrected chi connectivity index (χ1v) is 6.02. The molecule has 0 radical (unpaired) electrons. The van der Waals surface area contributed by atoms with E-state index in [1.54, 1.807) is 0 Å². The number of imidazole rings is 1. The van der Waals surface area contributed by atoms with Crippen molar-refractivity contribution in [3.05, 3.63) is 18.2 Å². The van der Waals surface area contributed by atoms with Crippen molar-refractivity contribution in [3.63, 3.8) is 0 Å². The van der Waals surface area contributed by atoms with Crippen LogP contribution in [0.1, 0.15) is 31.5 Å². The van der Waals surface area contributed by atoms with Crippen LogP contribution in [0.3, 0.4) is 0 Å². The number of nitrogens with two attached hydrogens (primary N) is 1. The van der Waals surface area contributed by atoms with E-state index in [2.05, 4.69) is 4.98 Å². The second kappa shape index (κ2) is 4.97. The van der Waals surface area contributed by atoms with Gasteiger partial charge in [0, 0.05) is 31.4 Å². The van der Waals surface area contributed by atoms with E-state index in [-0.39, 0.29) is 5.54 Å². The van der Waals surface area contributed by atoms with Crippen molar-refractivity contribution in [3.8, 4) is 0 Å². The Hall–Kier alpha value is -0.870. The maximum Gasteiger partial charge on any atom is 0.110 e. The summed E-state index contributed by atoms with van der Waals surface area (Å²) in [5.41, 5.74) is 6.15. The molecule has 1 aromatic rings. The summed E-state index contributed by atoms with van der Waals surface area (Å²) >= 11 is 0. The summed E-state index contributed by atoms with van der Waals surface area (Å²) in [7, 11) is 2.00. The summed E-state index contributed by atoms with van der Waals surface area (Å²) in [4.78, 5) is 4.25. The van der Waals surface area contributed by atoms with Gasteiger partial charge in [-0.25, -0.2) is 4.98 Å². The molecule has 90 valence electrons. The van der Waals surface area contributed by atoms with Gasteiger partial charge in [0.05, 0.1) is 13.2 Å². The monoisotopic (exact) mass is 223 g/mol. The van der Waals surface area contributed by atoms with Crippen LogP contribution < -0.4 is 5.73 Å². The Bertz CT molecular complexity index is 329. The predicted molar refractivity (Wildman–Crippen MR) is 63.1 cm³/mol. The smallest absolute Gasteiger partial charge is 0.110 e. The van der Waals surface area contributed by atoms with Crippen LogP contribution in [0.5, 0.6) is 0 Å². The van der Waals surface area contributed by atoms with E-state index in [1.165, 1.54) is 12.8 Å². The van der Waals surface area contributed by atoms with Crippen LogP contribution in [0.4, 0.5) is 0 Å². The van der Waals surface area contributed by atoms with E-state index < -0.39 is 0 Å². The molecule has 0 unspecified atom stereocenters. The van der Waals surface area contributed by atoms with Crippen molar-refractivity contribution in [1.82, 2.24) is 9.55 Å². The van der Waals surface area contributed by atoms with Crippen LogP contribution in [0, 0.1) is 0 Å². The molecule has 0 spiro atoms. The number of ether oxygens (including phenoxy) is 1. The second-order valence-corrected chi connectivity index (χ2v) is 4.83. The number of hydrogen-bond donors (Lipinski definition) is 1. The molecule has 4 heteroatoms. The Kier molecular flexibility index (Phi) is 3.61. The molecular formula is C12H21N3O. The van der Waals surface area contributed by atoms with Gasteiger partial charge in [0.15, 0.2) is 0 Å². The molecule has 1 saturated carbocycles. The van der Waals surface area contributed by atoms with Gasteiger partial charge in [-0.3, -0.25) is 0 Å². The molecule has 2 N–H and O–H groups in total. The Morgan fingerprint density at radius 2 is 2.25 bits per heavy atom. The van der Waals surface area contributed by atoms with Crippen LogP contribution in [0.25, 0.3) is 0 Å². The molecule has 1 aliphatic carbocycles. The Morgan fingerprint density at radius 3 is 2.88 bits per heavy atom. The van der Waals surface area contributed by atoms with E-state index in [9.17, 15) is 0 Å². The number of hydrogen-bond acceptors (Lipinski definition) is 3. The van der Waals surface area contributed by atoms with Crippen LogP contribution in [0.15, 0.2) is 12.4 Å². The molecule has 0 aromatic carbocycles. The molecule has 4 nitrogen and oxygen atoms in total. The SMILES string of the molecule is Cn1ccnc1CCOCC1(N)CCCC1. The van der Waals surface area contributed by atoms with Crippen LogP contribution in [-0.2, 0) is 18.2 Å². The Morgan fingerprint density at radius 1 is 1.50 bits per heavy atom. The molecule has 0 bridgehead atoms. The summed E-state index contributed by atoms with van der Waals surface area (Å²) < 4.78 is 7.70. The summed E-state index contributed by atoms with van der Waals surface area (Å²) in [5, 5.41) is 0. The fraction of sp³-hybridized carbons (Fsp3) is 0.750. The summed E-state index contributed by atoms with van der Waals surface area (Å²) in [6.45, 7) is 1.40. The largest absolute Gasteiger partial charge is 0.379 e. The molecule has 0 saturated heterocycles. The zero-order valence-electron chi connectivity index (χ0n) is 9.98. The first kappa shape index (κ1) is 11.6. The van der Waals surface area contributed by atoms with Crippen molar-refractivity contribution in [1.29, 1.82) is 0 Å². The zero-order chi connectivity index (χ0) is 11.4. The lowest BCUT2D eigenvalue weighted by Crippen LogP contribution is -2.41. The van der Waals surface area contributed by atoms with Crippen molar-refractivity contribution in [2.24, 2.45) is 12.8 Å². The number of nitrogens with zero attached hydrogens (tertiary/aromatic N) is 2. The first-order chi connectivity index (χ1) is 7.70. The normalized spacial score (nSPS) is 19.1. The van der Waals surface area contributed by atoms with E-state index in [0.717, 1.165) is 25.1 Å². The van der Waals surface area contributed by atoms with E-state index in [0.29, 0.717) is 13.2 Å². The lowest BCUT2D eigenvalue weighted by atomic mass is 10.0. The highest BCUT2D eigenvalue weighted by Gasteiger charge is 2.29. The van der Waals surface area contributed by atoms with Crippen molar-refractivity contribution in [2.45, 2.75) is 37.6 Å². The molecular weight excluding hydrogens is 202 g/mol. The van der Waals surface area contributed by atoms with Gasteiger partial charge in [-0.05, 0) is 12.8 Å². The predicted octanol–water partition coefficient (Wildman–Crippen LogP) is 1.25. The molecule has 1 aliphatic rings. The average molecular weight is 223 g/mol. The molecule has 2 rings (SSSR count). The summed E-state index contributed by atoms with van der Waals surface area (Å²) in [5.74, 6) is 1.07. The molecule has 0 atom stereocenters. The molecule has 16 heavy (non-hydrogen) atoms. The van der Waals surface area contributed by atoms with Crippen LogP contribution in [-0.4, -0.2) is 28.3 Å². The fourth-order valence-electron chi connectivity index (χ4n) is 2.30. The third-order valence-electron chi connectivity index (χ3n) is 3.38. The highest BCUT2D eigenvalue weighted by Crippen LogP contribution is 2.27. The van der Waals surface area contributed by atoms with Gasteiger partial charge in [0.25, 0.3) is 0 Å². The van der Waals surface area contributed by atoms with Gasteiger partial charge in [-0.2, -0.15) is 0 Å². The summed E-state index contributed by atoms with van der Waals surface area (Å²) in [6, 6.07) is 0. The minimum absolute atomic E-state index is 0.0539. The lowest BCUT2D eigenvalue weighted by molar-refractivity contribution is 0.0878. The van der Waals surface area contributed by atoms with Crippen LogP contribution >= 0.6 is 0 Å². The standard InChI is InChI=1S/C12H21N3O/c1-15-8-7-14-11(15)4-9-16-10-12(13)5-2-3-6-12/h7-8H,2-6,9-10,13H2,1H3. The van der Waals surface area contributed by atoms with E-state index in [4.69, 9.17) is 10.5 Å². The molecule has 0 aliphatic heterocycles. The van der Waals surface area contributed by atoms with E-state index in [1.807, 2.05) is 24.0 Å². The van der Waals surface area contributed by atoms with Gasteiger partial charge < -0.3 is 15.0 Å². The third-order valence-corrected chi connectivity index (χ3v) is 3.38. The minimum atomic E-state index is -0.0539. The topological polar surface area (TPSA) is 53.1 Å². The van der Waals surface area contributed by atoms with Gasteiger partial charge in [0.1, 0.15) is 5.82 Å². The van der Waals surface area contributed by atoms with Gasteiger partial charge in [-0.1, -0.05) is 12.8 Å². The quantitative estimate of drug-likeness (QED) is 0.764. The molecule has 0 amide bonds. The van der Waals surface area contributed by atoms with Gasteiger partial charge >= 0.3 is 0 Å². The Labute approximate surface area is 96.8 Å². The second-order valence-electron chi connectivity index (χ2n) is 4.83. The fourth-order valence-corrected chi connectivity index (χ4v) is 2.30. The van der Waals surface area contributed by atoms with Gasteiger partial charge in [-0.15, -0.1) is 0 Å². The third kappa shape index (κ3) is 2.83. The number of aromatic nitrogens is 2. The minimum Gasteiger partial charge on any atom is -0.379 e. The number of aryl methyl sites for hydroxylation is 1. The average Bonchev–Trinajstić information content (AvgIpc) is 2.84. The summed E-state index contributed by atoms with van der Waals surface area (Å²) in [6.07, 6.45) is 9.34.